The highest BCUT2D eigenvalue weighted by Gasteiger charge is 2.23. The van der Waals surface area contributed by atoms with Crippen molar-refractivity contribution >= 4 is 23.4 Å². The summed E-state index contributed by atoms with van der Waals surface area (Å²) in [6.45, 7) is 2.72. The smallest absolute Gasteiger partial charge is 0.119 e. The lowest BCUT2D eigenvalue weighted by molar-refractivity contribution is 0.298. The molecule has 1 unspecified atom stereocenters. The minimum Gasteiger partial charge on any atom is -0.493 e. The molecule has 0 bridgehead atoms. The third-order valence-corrected chi connectivity index (χ3v) is 5.06. The Hall–Kier alpha value is -1.12. The second kappa shape index (κ2) is 5.48. The molecule has 0 aromatic heterocycles. The molecule has 0 spiro atoms. The van der Waals surface area contributed by atoms with Crippen LogP contribution in [0.25, 0.3) is 0 Å². The van der Waals surface area contributed by atoms with Crippen molar-refractivity contribution in [3.05, 3.63) is 58.6 Å². The minimum atomic E-state index is 0.484. The molecule has 0 radical (unpaired) electrons. The number of aryl methyl sites for hydroxylation is 1. The van der Waals surface area contributed by atoms with Crippen LogP contribution < -0.4 is 4.74 Å². The van der Waals surface area contributed by atoms with Gasteiger partial charge >= 0.3 is 0 Å². The number of hydrogen-bond donors (Lipinski definition) is 0. The van der Waals surface area contributed by atoms with E-state index in [-0.39, 0.29) is 0 Å². The summed E-state index contributed by atoms with van der Waals surface area (Å²) in [6, 6.07) is 14.4. The van der Waals surface area contributed by atoms with E-state index >= 15 is 0 Å². The fraction of sp³-hybridized carbons (Fsp3) is 0.250. The molecule has 3 heteroatoms. The number of benzene rings is 2. The Balaban J connectivity index is 1.69. The highest BCUT2D eigenvalue weighted by atomic mass is 35.5. The van der Waals surface area contributed by atoms with Crippen LogP contribution in [0.3, 0.4) is 0 Å². The van der Waals surface area contributed by atoms with Crippen LogP contribution in [0.4, 0.5) is 0 Å². The average Bonchev–Trinajstić information content (AvgIpc) is 2.83. The maximum Gasteiger partial charge on any atom is 0.119 e. The first kappa shape index (κ1) is 12.9. The van der Waals surface area contributed by atoms with Crippen LogP contribution in [0.5, 0.6) is 5.75 Å². The molecular formula is C16H15ClOS. The summed E-state index contributed by atoms with van der Waals surface area (Å²) in [6.07, 6.45) is 0. The zero-order valence-corrected chi connectivity index (χ0v) is 12.3. The van der Waals surface area contributed by atoms with E-state index in [1.165, 1.54) is 10.5 Å². The Morgan fingerprint density at radius 3 is 2.95 bits per heavy atom. The molecule has 1 atom stereocenters. The van der Waals surface area contributed by atoms with E-state index in [4.69, 9.17) is 16.3 Å². The number of hydrogen-bond acceptors (Lipinski definition) is 2. The molecule has 3 rings (SSSR count). The van der Waals surface area contributed by atoms with E-state index in [0.717, 1.165) is 28.7 Å². The van der Waals surface area contributed by atoms with Gasteiger partial charge in [-0.3, -0.25) is 0 Å². The van der Waals surface area contributed by atoms with E-state index in [2.05, 4.69) is 24.3 Å². The zero-order chi connectivity index (χ0) is 13.2. The van der Waals surface area contributed by atoms with Crippen LogP contribution in [0.2, 0.25) is 5.02 Å². The van der Waals surface area contributed by atoms with E-state index in [1.54, 1.807) is 0 Å². The third-order valence-electron chi connectivity index (χ3n) is 3.38. The van der Waals surface area contributed by atoms with Crippen LogP contribution in [0, 0.1) is 6.92 Å². The van der Waals surface area contributed by atoms with Gasteiger partial charge < -0.3 is 4.74 Å². The van der Waals surface area contributed by atoms with Gasteiger partial charge in [-0.05, 0) is 42.3 Å². The van der Waals surface area contributed by atoms with Gasteiger partial charge in [0.15, 0.2) is 0 Å². The predicted molar refractivity (Wildman–Crippen MR) is 81.6 cm³/mol. The van der Waals surface area contributed by atoms with E-state index < -0.39 is 0 Å². The molecule has 2 aromatic rings. The van der Waals surface area contributed by atoms with Crippen molar-refractivity contribution in [1.82, 2.24) is 0 Å². The summed E-state index contributed by atoms with van der Waals surface area (Å²) < 4.78 is 5.91. The Morgan fingerprint density at radius 1 is 1.26 bits per heavy atom. The summed E-state index contributed by atoms with van der Waals surface area (Å²) in [5, 5.41) is 0.786. The van der Waals surface area contributed by atoms with E-state index in [0.29, 0.717) is 5.92 Å². The number of ether oxygens (including phenoxy) is 1. The van der Waals surface area contributed by atoms with Crippen LogP contribution in [0.1, 0.15) is 17.0 Å². The molecule has 0 saturated heterocycles. The summed E-state index contributed by atoms with van der Waals surface area (Å²) >= 11 is 7.93. The largest absolute Gasteiger partial charge is 0.493 e. The Labute approximate surface area is 122 Å². The van der Waals surface area contributed by atoms with Gasteiger partial charge in [-0.25, -0.2) is 0 Å². The first-order chi connectivity index (χ1) is 9.24. The third kappa shape index (κ3) is 2.75. The van der Waals surface area contributed by atoms with Crippen molar-refractivity contribution in [3.63, 3.8) is 0 Å². The van der Waals surface area contributed by atoms with Crippen molar-refractivity contribution in [2.75, 3.05) is 12.4 Å². The van der Waals surface area contributed by atoms with Crippen LogP contribution >= 0.6 is 23.4 Å². The van der Waals surface area contributed by atoms with Gasteiger partial charge in [0, 0.05) is 21.6 Å². The number of rotatable bonds is 3. The zero-order valence-electron chi connectivity index (χ0n) is 10.7. The van der Waals surface area contributed by atoms with Crippen molar-refractivity contribution in [1.29, 1.82) is 0 Å². The van der Waals surface area contributed by atoms with Crippen molar-refractivity contribution in [2.45, 2.75) is 17.7 Å². The summed E-state index contributed by atoms with van der Waals surface area (Å²) in [5.41, 5.74) is 2.47. The average molecular weight is 291 g/mol. The molecule has 1 heterocycles. The lowest BCUT2D eigenvalue weighted by atomic mass is 10.0. The lowest BCUT2D eigenvalue weighted by Gasteiger charge is -2.13. The number of fused-ring (bicyclic) bond motifs is 1. The van der Waals surface area contributed by atoms with Gasteiger partial charge in [-0.1, -0.05) is 29.8 Å². The molecule has 0 fully saturated rings. The maximum absolute atomic E-state index is 6.02. The highest BCUT2D eigenvalue weighted by molar-refractivity contribution is 7.99. The van der Waals surface area contributed by atoms with Crippen LogP contribution in [-0.2, 0) is 0 Å². The number of halogens is 1. The van der Waals surface area contributed by atoms with Gasteiger partial charge in [0.25, 0.3) is 0 Å². The highest BCUT2D eigenvalue weighted by Crippen LogP contribution is 2.39. The van der Waals surface area contributed by atoms with E-state index in [9.17, 15) is 0 Å². The fourth-order valence-electron chi connectivity index (χ4n) is 2.27. The second-order valence-corrected chi connectivity index (χ2v) is 6.24. The van der Waals surface area contributed by atoms with Crippen molar-refractivity contribution < 1.29 is 4.74 Å². The van der Waals surface area contributed by atoms with E-state index in [1.807, 2.05) is 36.9 Å². The fourth-order valence-corrected chi connectivity index (χ4v) is 3.62. The Kier molecular flexibility index (Phi) is 3.72. The molecule has 1 aliphatic heterocycles. The van der Waals surface area contributed by atoms with Crippen LogP contribution in [0.15, 0.2) is 47.4 Å². The van der Waals surface area contributed by atoms with Gasteiger partial charge in [-0.2, -0.15) is 0 Å². The van der Waals surface area contributed by atoms with Crippen molar-refractivity contribution in [3.8, 4) is 5.75 Å². The number of thioether (sulfide) groups is 1. The molecule has 0 aliphatic carbocycles. The minimum absolute atomic E-state index is 0.484. The van der Waals surface area contributed by atoms with Gasteiger partial charge in [0.1, 0.15) is 5.75 Å². The molecule has 19 heavy (non-hydrogen) atoms. The maximum atomic E-state index is 6.02. The SMILES string of the molecule is Cc1cc(OCC2CSc3ccccc32)ccc1Cl. The standard InChI is InChI=1S/C16H15ClOS/c1-11-8-13(6-7-15(11)17)18-9-12-10-19-16-5-3-2-4-14(12)16/h2-8,12H,9-10H2,1H3. The monoisotopic (exact) mass is 290 g/mol. The summed E-state index contributed by atoms with van der Waals surface area (Å²) in [5.74, 6) is 2.49. The predicted octanol–water partition coefficient (Wildman–Crippen LogP) is 4.92. The normalized spacial score (nSPS) is 17.3. The van der Waals surface area contributed by atoms with Gasteiger partial charge in [0.2, 0.25) is 0 Å². The van der Waals surface area contributed by atoms with Crippen LogP contribution in [-0.4, -0.2) is 12.4 Å². The van der Waals surface area contributed by atoms with Gasteiger partial charge in [-0.15, -0.1) is 11.8 Å². The molecule has 1 aliphatic rings. The molecule has 2 aromatic carbocycles. The second-order valence-electron chi connectivity index (χ2n) is 4.77. The molecule has 0 amide bonds. The molecule has 0 N–H and O–H groups in total. The Bertz CT molecular complexity index is 597. The van der Waals surface area contributed by atoms with Crippen molar-refractivity contribution in [2.24, 2.45) is 0 Å². The molecule has 98 valence electrons. The lowest BCUT2D eigenvalue weighted by Crippen LogP contribution is -2.09. The molecule has 0 saturated carbocycles. The van der Waals surface area contributed by atoms with Gasteiger partial charge in [0.05, 0.1) is 6.61 Å². The summed E-state index contributed by atoms with van der Waals surface area (Å²) in [7, 11) is 0. The molecule has 1 nitrogen and oxygen atoms in total. The topological polar surface area (TPSA) is 9.23 Å². The Morgan fingerprint density at radius 2 is 2.11 bits per heavy atom. The molecular weight excluding hydrogens is 276 g/mol. The first-order valence-corrected chi connectivity index (χ1v) is 7.71. The summed E-state index contributed by atoms with van der Waals surface area (Å²) in [4.78, 5) is 1.39. The quantitative estimate of drug-likeness (QED) is 0.794. The first-order valence-electron chi connectivity index (χ1n) is 6.35.